The van der Waals surface area contributed by atoms with E-state index in [1.165, 1.54) is 20.3 Å². The van der Waals surface area contributed by atoms with E-state index < -0.39 is 17.9 Å². The smallest absolute Gasteiger partial charge is 0.305 e. The molecule has 1 amide bonds. The molecular weight excluding hydrogens is 364 g/mol. The minimum Gasteiger partial charge on any atom is -0.497 e. The molecule has 2 heterocycles. The number of carbonyl (C=O) groups excluding carboxylic acids is 1. The number of benzene rings is 1. The van der Waals surface area contributed by atoms with Crippen molar-refractivity contribution in [2.75, 3.05) is 14.2 Å². The van der Waals surface area contributed by atoms with Crippen molar-refractivity contribution in [2.24, 2.45) is 0 Å². The molecule has 2 aromatic heterocycles. The molecule has 0 saturated carbocycles. The molecule has 1 atom stereocenters. The van der Waals surface area contributed by atoms with Gasteiger partial charge >= 0.3 is 5.97 Å². The van der Waals surface area contributed by atoms with Crippen LogP contribution in [0.1, 0.15) is 34.3 Å². The van der Waals surface area contributed by atoms with Crippen molar-refractivity contribution in [3.8, 4) is 11.5 Å². The summed E-state index contributed by atoms with van der Waals surface area (Å²) in [6.45, 7) is 1.84. The number of aliphatic carboxylic acids is 1. The highest BCUT2D eigenvalue weighted by atomic mass is 16.5. The molecule has 0 aliphatic rings. The van der Waals surface area contributed by atoms with Gasteiger partial charge in [-0.15, -0.1) is 0 Å². The topological polar surface area (TPSA) is 111 Å². The van der Waals surface area contributed by atoms with Crippen molar-refractivity contribution in [3.63, 3.8) is 0 Å². The fourth-order valence-corrected chi connectivity index (χ4v) is 2.89. The van der Waals surface area contributed by atoms with Crippen LogP contribution in [0.4, 0.5) is 0 Å². The number of ether oxygens (including phenoxy) is 2. The second-order valence-electron chi connectivity index (χ2n) is 6.18. The molecule has 0 radical (unpaired) electrons. The number of methoxy groups -OCH3 is 2. The predicted octanol–water partition coefficient (Wildman–Crippen LogP) is 3.10. The fourth-order valence-electron chi connectivity index (χ4n) is 2.89. The zero-order valence-electron chi connectivity index (χ0n) is 15.7. The molecule has 0 fully saturated rings. The third kappa shape index (κ3) is 4.06. The zero-order chi connectivity index (χ0) is 20.3. The molecule has 8 heteroatoms. The van der Waals surface area contributed by atoms with Crippen LogP contribution in [-0.4, -0.2) is 36.2 Å². The number of fused-ring (bicyclic) bond motifs is 1. The van der Waals surface area contributed by atoms with Gasteiger partial charge in [-0.05, 0) is 31.2 Å². The molecule has 1 aromatic carbocycles. The molecule has 28 heavy (non-hydrogen) atoms. The van der Waals surface area contributed by atoms with Crippen LogP contribution in [0.25, 0.3) is 11.1 Å². The lowest BCUT2D eigenvalue weighted by atomic mass is 10.0. The number of aryl methyl sites for hydroxylation is 1. The van der Waals surface area contributed by atoms with Crippen molar-refractivity contribution in [3.05, 3.63) is 53.4 Å². The third-order valence-corrected chi connectivity index (χ3v) is 4.24. The molecular formula is C20H20N2O6. The highest BCUT2D eigenvalue weighted by molar-refractivity contribution is 5.95. The summed E-state index contributed by atoms with van der Waals surface area (Å²) >= 11 is 0. The van der Waals surface area contributed by atoms with Gasteiger partial charge in [-0.25, -0.2) is 4.98 Å². The van der Waals surface area contributed by atoms with Gasteiger partial charge in [0.15, 0.2) is 11.3 Å². The molecule has 0 spiro atoms. The number of pyridine rings is 1. The second-order valence-corrected chi connectivity index (χ2v) is 6.18. The number of hydrogen-bond donors (Lipinski definition) is 2. The van der Waals surface area contributed by atoms with Crippen LogP contribution >= 0.6 is 0 Å². The van der Waals surface area contributed by atoms with Crippen molar-refractivity contribution in [1.29, 1.82) is 0 Å². The van der Waals surface area contributed by atoms with E-state index in [0.717, 1.165) is 5.69 Å². The van der Waals surface area contributed by atoms with E-state index in [1.54, 1.807) is 30.3 Å². The zero-order valence-corrected chi connectivity index (χ0v) is 15.7. The number of hydrogen-bond acceptors (Lipinski definition) is 6. The van der Waals surface area contributed by atoms with Gasteiger partial charge in [0, 0.05) is 23.4 Å². The monoisotopic (exact) mass is 384 g/mol. The predicted molar refractivity (Wildman–Crippen MR) is 101 cm³/mol. The first kappa shape index (κ1) is 19.2. The van der Waals surface area contributed by atoms with E-state index in [9.17, 15) is 14.7 Å². The van der Waals surface area contributed by atoms with Crippen molar-refractivity contribution in [2.45, 2.75) is 19.4 Å². The molecule has 1 unspecified atom stereocenters. The largest absolute Gasteiger partial charge is 0.497 e. The van der Waals surface area contributed by atoms with Crippen LogP contribution in [0.5, 0.6) is 11.5 Å². The van der Waals surface area contributed by atoms with E-state index in [1.807, 2.05) is 6.92 Å². The van der Waals surface area contributed by atoms with Crippen LogP contribution in [0, 0.1) is 6.92 Å². The summed E-state index contributed by atoms with van der Waals surface area (Å²) in [5.74, 6) is -0.590. The van der Waals surface area contributed by atoms with Crippen LogP contribution in [0.2, 0.25) is 0 Å². The van der Waals surface area contributed by atoms with Crippen molar-refractivity contribution < 1.29 is 28.6 Å². The third-order valence-electron chi connectivity index (χ3n) is 4.24. The molecule has 3 aromatic rings. The summed E-state index contributed by atoms with van der Waals surface area (Å²) in [5, 5.41) is 12.0. The van der Waals surface area contributed by atoms with Gasteiger partial charge in [-0.3, -0.25) is 9.59 Å². The first-order valence-corrected chi connectivity index (χ1v) is 8.53. The van der Waals surface area contributed by atoms with Crippen LogP contribution < -0.4 is 14.8 Å². The number of carboxylic acids is 1. The summed E-state index contributed by atoms with van der Waals surface area (Å²) in [5.41, 5.74) is 2.35. The van der Waals surface area contributed by atoms with Crippen LogP contribution in [0.15, 0.2) is 40.8 Å². The van der Waals surface area contributed by atoms with Gasteiger partial charge < -0.3 is 24.3 Å². The Bertz CT molecular complexity index is 1030. The maximum Gasteiger partial charge on any atom is 0.305 e. The number of furan rings is 1. The van der Waals surface area contributed by atoms with Crippen molar-refractivity contribution in [1.82, 2.24) is 10.3 Å². The Morgan fingerprint density at radius 3 is 2.64 bits per heavy atom. The van der Waals surface area contributed by atoms with Crippen LogP contribution in [-0.2, 0) is 4.79 Å². The minimum absolute atomic E-state index is 0.0518. The molecule has 0 aliphatic heterocycles. The maximum atomic E-state index is 12.7. The van der Waals surface area contributed by atoms with Gasteiger partial charge in [-0.2, -0.15) is 0 Å². The Morgan fingerprint density at radius 2 is 1.96 bits per heavy atom. The first-order valence-electron chi connectivity index (χ1n) is 8.53. The Morgan fingerprint density at radius 1 is 1.18 bits per heavy atom. The Kier molecular flexibility index (Phi) is 5.49. The Labute approximate surface area is 161 Å². The average Bonchev–Trinajstić information content (AvgIpc) is 3.09. The molecule has 8 nitrogen and oxygen atoms in total. The normalized spacial score (nSPS) is 11.8. The number of nitrogens with one attached hydrogen (secondary N) is 1. The summed E-state index contributed by atoms with van der Waals surface area (Å²) in [6, 6.07) is 9.18. The highest BCUT2D eigenvalue weighted by Gasteiger charge is 2.24. The van der Waals surface area contributed by atoms with E-state index in [-0.39, 0.29) is 12.2 Å². The molecule has 2 N–H and O–H groups in total. The molecule has 0 saturated heterocycles. The summed E-state index contributed by atoms with van der Waals surface area (Å²) in [4.78, 5) is 28.4. The molecule has 3 rings (SSSR count). The fraction of sp³-hybridized carbons (Fsp3) is 0.250. The highest BCUT2D eigenvalue weighted by Crippen LogP contribution is 2.31. The average molecular weight is 384 g/mol. The van der Waals surface area contributed by atoms with E-state index >= 15 is 0 Å². The molecule has 0 bridgehead atoms. The summed E-state index contributed by atoms with van der Waals surface area (Å²) in [7, 11) is 2.98. The molecule has 146 valence electrons. The van der Waals surface area contributed by atoms with Crippen LogP contribution in [0.3, 0.4) is 0 Å². The molecule has 0 aliphatic carbocycles. The van der Waals surface area contributed by atoms with Gasteiger partial charge in [0.2, 0.25) is 0 Å². The van der Waals surface area contributed by atoms with E-state index in [2.05, 4.69) is 10.3 Å². The quantitative estimate of drug-likeness (QED) is 0.644. The lowest BCUT2D eigenvalue weighted by Gasteiger charge is -2.20. The Balaban J connectivity index is 1.91. The lowest BCUT2D eigenvalue weighted by molar-refractivity contribution is -0.137. The minimum atomic E-state index is -1.06. The number of rotatable bonds is 7. The second kappa shape index (κ2) is 7.99. The first-order chi connectivity index (χ1) is 13.4. The van der Waals surface area contributed by atoms with E-state index in [0.29, 0.717) is 28.2 Å². The number of carboxylic acid groups (broad SMARTS) is 1. The maximum absolute atomic E-state index is 12.7. The standard InChI is InChI=1S/C20H20N2O6/c1-11-4-7-16-15(21-11)9-18(28-16)20(25)22-14(10-19(23)24)13-6-5-12(26-2)8-17(13)27-3/h4-9,14H,10H2,1-3H3,(H,22,25)(H,23,24). The van der Waals surface area contributed by atoms with E-state index in [4.69, 9.17) is 13.9 Å². The Hall–Kier alpha value is -3.55. The van der Waals surface area contributed by atoms with Gasteiger partial charge in [0.1, 0.15) is 17.0 Å². The number of carbonyl (C=O) groups is 2. The summed E-state index contributed by atoms with van der Waals surface area (Å²) < 4.78 is 16.0. The lowest BCUT2D eigenvalue weighted by Crippen LogP contribution is -2.30. The van der Waals surface area contributed by atoms with Gasteiger partial charge in [-0.1, -0.05) is 0 Å². The number of nitrogens with zero attached hydrogens (tertiary/aromatic N) is 1. The number of aromatic nitrogens is 1. The van der Waals surface area contributed by atoms with Gasteiger partial charge in [0.25, 0.3) is 5.91 Å². The number of amides is 1. The van der Waals surface area contributed by atoms with Crippen molar-refractivity contribution >= 4 is 23.0 Å². The van der Waals surface area contributed by atoms with Gasteiger partial charge in [0.05, 0.1) is 26.7 Å². The summed E-state index contributed by atoms with van der Waals surface area (Å²) in [6.07, 6.45) is -0.327. The SMILES string of the molecule is COc1ccc(C(CC(=O)O)NC(=O)c2cc3nc(C)ccc3o2)c(OC)c1.